The molecule has 1 atom stereocenters. The third-order valence-corrected chi connectivity index (χ3v) is 4.58. The Morgan fingerprint density at radius 2 is 2.06 bits per heavy atom. The van der Waals surface area contributed by atoms with E-state index < -0.39 is 0 Å². The molecule has 0 aromatic carbocycles. The quantitative estimate of drug-likeness (QED) is 0.898. The molecule has 2 N–H and O–H groups in total. The largest absolute Gasteiger partial charge is 0.379 e. The zero-order chi connectivity index (χ0) is 12.5. The molecule has 1 saturated heterocycles. The molecule has 4 heteroatoms. The van der Waals surface area contributed by atoms with E-state index in [2.05, 4.69) is 37.1 Å². The van der Waals surface area contributed by atoms with Gasteiger partial charge in [-0.25, -0.2) is 0 Å². The molecule has 96 valence electrons. The molecule has 1 fully saturated rings. The van der Waals surface area contributed by atoms with E-state index in [0.29, 0.717) is 0 Å². The lowest BCUT2D eigenvalue weighted by molar-refractivity contribution is -0.0190. The van der Waals surface area contributed by atoms with Crippen molar-refractivity contribution in [2.75, 3.05) is 26.3 Å². The van der Waals surface area contributed by atoms with Crippen molar-refractivity contribution in [1.82, 2.24) is 4.90 Å². The standard InChI is InChI=1S/C13H22N2OS/c1-10-8-11(9-17-10)12(14)13(2,3)15-4-6-16-7-5-15/h8-9,12H,4-7,14H2,1-3H3. The van der Waals surface area contributed by atoms with Crippen molar-refractivity contribution >= 4 is 11.3 Å². The normalized spacial score (nSPS) is 20.5. The summed E-state index contributed by atoms with van der Waals surface area (Å²) >= 11 is 1.77. The maximum atomic E-state index is 6.44. The molecule has 1 aliphatic heterocycles. The number of morpholine rings is 1. The first-order valence-corrected chi connectivity index (χ1v) is 7.03. The average molecular weight is 254 g/mol. The van der Waals surface area contributed by atoms with Crippen LogP contribution in [-0.2, 0) is 4.74 Å². The fraction of sp³-hybridized carbons (Fsp3) is 0.692. The average Bonchev–Trinajstić information content (AvgIpc) is 2.76. The molecular formula is C13H22N2OS. The first-order chi connectivity index (χ1) is 8.01. The van der Waals surface area contributed by atoms with Crippen LogP contribution in [0.1, 0.15) is 30.3 Å². The van der Waals surface area contributed by atoms with Crippen LogP contribution in [0, 0.1) is 6.92 Å². The number of hydrogen-bond donors (Lipinski definition) is 1. The van der Waals surface area contributed by atoms with E-state index in [-0.39, 0.29) is 11.6 Å². The summed E-state index contributed by atoms with van der Waals surface area (Å²) in [5, 5.41) is 2.18. The van der Waals surface area contributed by atoms with Crippen LogP contribution in [0.3, 0.4) is 0 Å². The second-order valence-corrected chi connectivity index (χ2v) is 6.34. The van der Waals surface area contributed by atoms with Gasteiger partial charge >= 0.3 is 0 Å². The van der Waals surface area contributed by atoms with Gasteiger partial charge in [-0.3, -0.25) is 4.90 Å². The number of nitrogens with two attached hydrogens (primary N) is 1. The summed E-state index contributed by atoms with van der Waals surface area (Å²) in [6, 6.07) is 2.27. The van der Waals surface area contributed by atoms with Crippen LogP contribution in [0.2, 0.25) is 0 Å². The van der Waals surface area contributed by atoms with E-state index >= 15 is 0 Å². The van der Waals surface area contributed by atoms with Crippen molar-refractivity contribution in [2.24, 2.45) is 5.73 Å². The first kappa shape index (κ1) is 13.0. The Morgan fingerprint density at radius 3 is 2.59 bits per heavy atom. The van der Waals surface area contributed by atoms with Crippen LogP contribution >= 0.6 is 11.3 Å². The van der Waals surface area contributed by atoms with Crippen LogP contribution in [0.5, 0.6) is 0 Å². The molecule has 0 bridgehead atoms. The monoisotopic (exact) mass is 254 g/mol. The molecule has 0 aliphatic carbocycles. The minimum atomic E-state index is -0.0166. The van der Waals surface area contributed by atoms with E-state index in [1.807, 2.05) is 0 Å². The van der Waals surface area contributed by atoms with Gasteiger partial charge in [-0.05, 0) is 37.8 Å². The highest BCUT2D eigenvalue weighted by Gasteiger charge is 2.35. The number of ether oxygens (including phenoxy) is 1. The zero-order valence-electron chi connectivity index (χ0n) is 10.9. The highest BCUT2D eigenvalue weighted by Crippen LogP contribution is 2.31. The fourth-order valence-corrected chi connectivity index (χ4v) is 3.11. The van der Waals surface area contributed by atoms with Crippen molar-refractivity contribution in [3.63, 3.8) is 0 Å². The van der Waals surface area contributed by atoms with Crippen LogP contribution in [0.25, 0.3) is 0 Å². The second-order valence-electron chi connectivity index (χ2n) is 5.22. The van der Waals surface area contributed by atoms with Gasteiger partial charge in [0, 0.05) is 29.5 Å². The third-order valence-electron chi connectivity index (χ3n) is 3.70. The lowest BCUT2D eigenvalue weighted by Gasteiger charge is -2.44. The van der Waals surface area contributed by atoms with Gasteiger partial charge in [0.2, 0.25) is 0 Å². The summed E-state index contributed by atoms with van der Waals surface area (Å²) in [5.74, 6) is 0. The Balaban J connectivity index is 2.13. The Labute approximate surface area is 108 Å². The number of aryl methyl sites for hydroxylation is 1. The van der Waals surface area contributed by atoms with Gasteiger partial charge in [-0.15, -0.1) is 11.3 Å². The summed E-state index contributed by atoms with van der Waals surface area (Å²) in [7, 11) is 0. The first-order valence-electron chi connectivity index (χ1n) is 6.15. The van der Waals surface area contributed by atoms with Gasteiger partial charge in [-0.1, -0.05) is 0 Å². The van der Waals surface area contributed by atoms with Crippen molar-refractivity contribution in [2.45, 2.75) is 32.4 Å². The van der Waals surface area contributed by atoms with Crippen LogP contribution in [0.4, 0.5) is 0 Å². The third kappa shape index (κ3) is 2.71. The Hall–Kier alpha value is -0.420. The smallest absolute Gasteiger partial charge is 0.0594 e. The van der Waals surface area contributed by atoms with E-state index in [9.17, 15) is 0 Å². The molecule has 1 aliphatic rings. The predicted octanol–water partition coefficient (Wildman–Crippen LogP) is 2.17. The van der Waals surface area contributed by atoms with Gasteiger partial charge in [0.05, 0.1) is 13.2 Å². The minimum Gasteiger partial charge on any atom is -0.379 e. The SMILES string of the molecule is Cc1cc(C(N)C(C)(C)N2CCOCC2)cs1. The molecule has 3 nitrogen and oxygen atoms in total. The highest BCUT2D eigenvalue weighted by atomic mass is 32.1. The molecule has 1 aromatic heterocycles. The topological polar surface area (TPSA) is 38.5 Å². The van der Waals surface area contributed by atoms with E-state index in [1.165, 1.54) is 10.4 Å². The molecular weight excluding hydrogens is 232 g/mol. The maximum Gasteiger partial charge on any atom is 0.0594 e. The van der Waals surface area contributed by atoms with Crippen LogP contribution in [-0.4, -0.2) is 36.7 Å². The van der Waals surface area contributed by atoms with E-state index in [4.69, 9.17) is 10.5 Å². The summed E-state index contributed by atoms with van der Waals surface area (Å²) < 4.78 is 5.40. The molecule has 2 heterocycles. The second kappa shape index (κ2) is 5.06. The Morgan fingerprint density at radius 1 is 1.41 bits per heavy atom. The van der Waals surface area contributed by atoms with E-state index in [0.717, 1.165) is 26.3 Å². The number of thiophene rings is 1. The molecule has 0 radical (unpaired) electrons. The van der Waals surface area contributed by atoms with Crippen molar-refractivity contribution < 1.29 is 4.74 Å². The lowest BCUT2D eigenvalue weighted by atomic mass is 9.88. The van der Waals surface area contributed by atoms with Crippen LogP contribution in [0.15, 0.2) is 11.4 Å². The van der Waals surface area contributed by atoms with Crippen LogP contribution < -0.4 is 5.73 Å². The van der Waals surface area contributed by atoms with Crippen molar-refractivity contribution in [3.05, 3.63) is 21.9 Å². The molecule has 1 aromatic rings. The Kier molecular flexibility index (Phi) is 3.88. The predicted molar refractivity (Wildman–Crippen MR) is 72.5 cm³/mol. The number of hydrogen-bond acceptors (Lipinski definition) is 4. The maximum absolute atomic E-state index is 6.44. The summed E-state index contributed by atoms with van der Waals surface area (Å²) in [4.78, 5) is 3.77. The Bertz CT molecular complexity index is 369. The number of nitrogens with zero attached hydrogens (tertiary/aromatic N) is 1. The molecule has 0 saturated carbocycles. The fourth-order valence-electron chi connectivity index (χ4n) is 2.37. The van der Waals surface area contributed by atoms with Gasteiger partial charge in [0.15, 0.2) is 0 Å². The number of rotatable bonds is 3. The summed E-state index contributed by atoms with van der Waals surface area (Å²) in [5.41, 5.74) is 7.68. The molecule has 17 heavy (non-hydrogen) atoms. The molecule has 0 amide bonds. The van der Waals surface area contributed by atoms with Gasteiger partial charge in [0.25, 0.3) is 0 Å². The van der Waals surface area contributed by atoms with Crippen molar-refractivity contribution in [3.8, 4) is 0 Å². The highest BCUT2D eigenvalue weighted by molar-refractivity contribution is 7.10. The van der Waals surface area contributed by atoms with Gasteiger partial charge in [0.1, 0.15) is 0 Å². The molecule has 0 spiro atoms. The van der Waals surface area contributed by atoms with Crippen molar-refractivity contribution in [1.29, 1.82) is 0 Å². The zero-order valence-corrected chi connectivity index (χ0v) is 11.7. The van der Waals surface area contributed by atoms with Gasteiger partial charge in [-0.2, -0.15) is 0 Å². The molecule has 2 rings (SSSR count). The minimum absolute atomic E-state index is 0.0166. The lowest BCUT2D eigenvalue weighted by Crippen LogP contribution is -2.55. The van der Waals surface area contributed by atoms with E-state index in [1.54, 1.807) is 11.3 Å². The summed E-state index contributed by atoms with van der Waals surface area (Å²) in [6.07, 6.45) is 0. The summed E-state index contributed by atoms with van der Waals surface area (Å²) in [6.45, 7) is 10.2. The van der Waals surface area contributed by atoms with Gasteiger partial charge < -0.3 is 10.5 Å². The molecule has 1 unspecified atom stereocenters.